The molecule has 1 amide bonds. The molecule has 2 fully saturated rings. The molecule has 0 unspecified atom stereocenters. The first kappa shape index (κ1) is 16.3. The van der Waals surface area contributed by atoms with E-state index in [0.29, 0.717) is 5.92 Å². The van der Waals surface area contributed by atoms with Crippen molar-refractivity contribution in [2.45, 2.75) is 84.4 Å². The fraction of sp³-hybridized carbons (Fsp3) is 0.882. The second kappa shape index (κ2) is 5.98. The van der Waals surface area contributed by atoms with E-state index >= 15 is 0 Å². The zero-order valence-electron chi connectivity index (χ0n) is 14.0. The summed E-state index contributed by atoms with van der Waals surface area (Å²) < 4.78 is 5.57. The van der Waals surface area contributed by atoms with Crippen LogP contribution < -0.4 is 0 Å². The predicted octanol–water partition coefficient (Wildman–Crippen LogP) is 3.78. The van der Waals surface area contributed by atoms with Crippen LogP contribution in [0.3, 0.4) is 0 Å². The predicted molar refractivity (Wildman–Crippen MR) is 82.1 cm³/mol. The third kappa shape index (κ3) is 3.58. The fourth-order valence-corrected chi connectivity index (χ4v) is 3.68. The summed E-state index contributed by atoms with van der Waals surface area (Å²) in [6, 6.07) is -0.0887. The average Bonchev–Trinajstić information content (AvgIpc) is 2.74. The summed E-state index contributed by atoms with van der Waals surface area (Å²) in [6.45, 7) is 9.45. The first-order valence-corrected chi connectivity index (χ1v) is 8.25. The molecular formula is C17H29NO3. The Morgan fingerprint density at radius 2 is 1.76 bits per heavy atom. The van der Waals surface area contributed by atoms with E-state index in [-0.39, 0.29) is 29.9 Å². The minimum absolute atomic E-state index is 0.0416. The van der Waals surface area contributed by atoms with E-state index in [1.54, 1.807) is 4.90 Å². The van der Waals surface area contributed by atoms with Crippen LogP contribution in [-0.2, 0) is 9.53 Å². The van der Waals surface area contributed by atoms with Crippen molar-refractivity contribution < 1.29 is 14.3 Å². The summed E-state index contributed by atoms with van der Waals surface area (Å²) in [6.07, 6.45) is 5.00. The highest BCUT2D eigenvalue weighted by atomic mass is 16.6. The molecule has 2 aliphatic rings. The van der Waals surface area contributed by atoms with Crippen molar-refractivity contribution in [3.63, 3.8) is 0 Å². The van der Waals surface area contributed by atoms with Gasteiger partial charge >= 0.3 is 6.09 Å². The van der Waals surface area contributed by atoms with E-state index in [1.807, 2.05) is 34.6 Å². The van der Waals surface area contributed by atoms with Crippen LogP contribution in [0.2, 0.25) is 0 Å². The molecule has 21 heavy (non-hydrogen) atoms. The number of rotatable bonds is 2. The maximum atomic E-state index is 12.6. The van der Waals surface area contributed by atoms with E-state index < -0.39 is 5.60 Å². The number of hydrogen-bond donors (Lipinski definition) is 0. The molecule has 0 spiro atoms. The molecule has 2 rings (SSSR count). The number of ketones is 1. The Morgan fingerprint density at radius 1 is 1.14 bits per heavy atom. The van der Waals surface area contributed by atoms with E-state index in [9.17, 15) is 9.59 Å². The van der Waals surface area contributed by atoms with E-state index in [0.717, 1.165) is 25.7 Å². The van der Waals surface area contributed by atoms with Crippen molar-refractivity contribution in [2.75, 3.05) is 0 Å². The summed E-state index contributed by atoms with van der Waals surface area (Å²) in [7, 11) is 0. The zero-order valence-corrected chi connectivity index (χ0v) is 14.0. The second-order valence-electron chi connectivity index (χ2n) is 7.81. The minimum atomic E-state index is -0.519. The van der Waals surface area contributed by atoms with Gasteiger partial charge in [0.2, 0.25) is 0 Å². The van der Waals surface area contributed by atoms with Crippen LogP contribution in [0.5, 0.6) is 0 Å². The average molecular weight is 295 g/mol. The van der Waals surface area contributed by atoms with Gasteiger partial charge in [-0.05, 0) is 46.0 Å². The molecule has 0 aromatic heterocycles. The maximum Gasteiger partial charge on any atom is 0.411 e. The monoisotopic (exact) mass is 295 g/mol. The number of fused-ring (bicyclic) bond motifs is 1. The van der Waals surface area contributed by atoms with Gasteiger partial charge in [-0.1, -0.05) is 26.7 Å². The highest BCUT2D eigenvalue weighted by Gasteiger charge is 2.48. The molecular weight excluding hydrogens is 266 g/mol. The van der Waals surface area contributed by atoms with E-state index in [2.05, 4.69) is 0 Å². The molecule has 0 bridgehead atoms. The van der Waals surface area contributed by atoms with E-state index in [1.165, 1.54) is 6.42 Å². The standard InChI is InChI=1S/C17H29NO3/c1-11(2)15(19)14-10-12-8-6-7-9-13(12)18(14)16(20)21-17(3,4)5/h11-14H,6-10H2,1-5H3/t12-,13-,14-/m0/s1. The lowest BCUT2D eigenvalue weighted by Crippen LogP contribution is -2.49. The first-order valence-electron chi connectivity index (χ1n) is 8.25. The van der Waals surface area contributed by atoms with Crippen molar-refractivity contribution in [2.24, 2.45) is 11.8 Å². The first-order chi connectivity index (χ1) is 9.70. The van der Waals surface area contributed by atoms with Gasteiger partial charge < -0.3 is 4.74 Å². The van der Waals surface area contributed by atoms with Crippen LogP contribution in [-0.4, -0.2) is 34.5 Å². The van der Waals surface area contributed by atoms with Gasteiger partial charge in [-0.15, -0.1) is 0 Å². The Balaban J connectivity index is 2.22. The SMILES string of the molecule is CC(C)C(=O)[C@@H]1C[C@@H]2CCCC[C@@H]2N1C(=O)OC(C)(C)C. The highest BCUT2D eigenvalue weighted by Crippen LogP contribution is 2.41. The molecule has 0 aromatic carbocycles. The van der Waals surface area contributed by atoms with Crippen molar-refractivity contribution >= 4 is 11.9 Å². The lowest BCUT2D eigenvalue weighted by Gasteiger charge is -2.35. The molecule has 4 heteroatoms. The molecule has 0 radical (unpaired) electrons. The Labute approximate surface area is 128 Å². The smallest absolute Gasteiger partial charge is 0.411 e. The quantitative estimate of drug-likeness (QED) is 0.779. The topological polar surface area (TPSA) is 46.6 Å². The largest absolute Gasteiger partial charge is 0.444 e. The van der Waals surface area contributed by atoms with Crippen molar-refractivity contribution in [3.05, 3.63) is 0 Å². The summed E-state index contributed by atoms with van der Waals surface area (Å²) in [4.78, 5) is 26.9. The van der Waals surface area contributed by atoms with Crippen LogP contribution in [0.25, 0.3) is 0 Å². The van der Waals surface area contributed by atoms with E-state index in [4.69, 9.17) is 4.74 Å². The fourth-order valence-electron chi connectivity index (χ4n) is 3.68. The van der Waals surface area contributed by atoms with Gasteiger partial charge in [-0.3, -0.25) is 9.69 Å². The summed E-state index contributed by atoms with van der Waals surface area (Å²) in [5, 5.41) is 0. The number of carbonyl (C=O) groups excluding carboxylic acids is 2. The molecule has 0 N–H and O–H groups in total. The van der Waals surface area contributed by atoms with Crippen LogP contribution in [0.4, 0.5) is 4.79 Å². The number of likely N-dealkylation sites (tertiary alicyclic amines) is 1. The molecule has 1 saturated carbocycles. The number of amides is 1. The Hall–Kier alpha value is -1.06. The summed E-state index contributed by atoms with van der Waals surface area (Å²) >= 11 is 0. The third-order valence-corrected chi connectivity index (χ3v) is 4.59. The van der Waals surface area contributed by atoms with Crippen molar-refractivity contribution in [3.8, 4) is 0 Å². The molecule has 0 aromatic rings. The van der Waals surface area contributed by atoms with Gasteiger partial charge in [0.15, 0.2) is 5.78 Å². The van der Waals surface area contributed by atoms with Gasteiger partial charge in [-0.2, -0.15) is 0 Å². The Morgan fingerprint density at radius 3 is 2.33 bits per heavy atom. The van der Waals surface area contributed by atoms with Gasteiger partial charge in [-0.25, -0.2) is 4.79 Å². The molecule has 3 atom stereocenters. The van der Waals surface area contributed by atoms with Crippen LogP contribution >= 0.6 is 0 Å². The van der Waals surface area contributed by atoms with Crippen molar-refractivity contribution in [1.29, 1.82) is 0 Å². The van der Waals surface area contributed by atoms with Gasteiger partial charge in [0.1, 0.15) is 5.60 Å². The lowest BCUT2D eigenvalue weighted by molar-refractivity contribution is -0.126. The van der Waals surface area contributed by atoms with Gasteiger partial charge in [0.25, 0.3) is 0 Å². The molecule has 4 nitrogen and oxygen atoms in total. The molecule has 1 aliphatic heterocycles. The number of ether oxygens (including phenoxy) is 1. The molecule has 1 aliphatic carbocycles. The van der Waals surface area contributed by atoms with Crippen LogP contribution in [0, 0.1) is 11.8 Å². The number of carbonyl (C=O) groups is 2. The van der Waals surface area contributed by atoms with Crippen molar-refractivity contribution in [1.82, 2.24) is 4.90 Å². The van der Waals surface area contributed by atoms with Crippen LogP contribution in [0.1, 0.15) is 66.7 Å². The second-order valence-corrected chi connectivity index (χ2v) is 7.81. The number of Topliss-reactive ketones (excluding diaryl/α,β-unsaturated/α-hetero) is 1. The highest BCUT2D eigenvalue weighted by molar-refractivity contribution is 5.89. The van der Waals surface area contributed by atoms with Gasteiger partial charge in [0, 0.05) is 12.0 Å². The molecule has 1 saturated heterocycles. The zero-order chi connectivity index (χ0) is 15.8. The third-order valence-electron chi connectivity index (χ3n) is 4.59. The summed E-state index contributed by atoms with van der Waals surface area (Å²) in [5.74, 6) is 0.606. The van der Waals surface area contributed by atoms with Crippen LogP contribution in [0.15, 0.2) is 0 Å². The minimum Gasteiger partial charge on any atom is -0.444 e. The maximum absolute atomic E-state index is 12.6. The Kier molecular flexibility index (Phi) is 4.64. The summed E-state index contributed by atoms with van der Waals surface area (Å²) in [5.41, 5.74) is -0.519. The molecule has 1 heterocycles. The Bertz CT molecular complexity index is 411. The van der Waals surface area contributed by atoms with Gasteiger partial charge in [0.05, 0.1) is 6.04 Å². The number of hydrogen-bond acceptors (Lipinski definition) is 3. The number of nitrogens with zero attached hydrogens (tertiary/aromatic N) is 1. The lowest BCUT2D eigenvalue weighted by atomic mass is 9.84. The molecule has 120 valence electrons. The normalized spacial score (nSPS) is 29.4.